The van der Waals surface area contributed by atoms with E-state index in [4.69, 9.17) is 5.11 Å². The lowest BCUT2D eigenvalue weighted by molar-refractivity contribution is -0.137. The monoisotopic (exact) mass is 306 g/mol. The summed E-state index contributed by atoms with van der Waals surface area (Å²) in [6.45, 7) is 12.3. The fourth-order valence-corrected chi connectivity index (χ4v) is 2.69. The normalized spacial score (nSPS) is 16.0. The number of carboxylic acid groups (broad SMARTS) is 1. The summed E-state index contributed by atoms with van der Waals surface area (Å²) >= 11 is 0. The predicted molar refractivity (Wildman–Crippen MR) is 91.1 cm³/mol. The molecule has 4 heteroatoms. The molecular formula is C18H30N2O2. The molecule has 0 atom stereocenters. The SMILES string of the molecule is CC.Cc1cccc(CN2CCN(CCCC(=O)O)CC2)c1. The van der Waals surface area contributed by atoms with Gasteiger partial charge in [-0.05, 0) is 25.5 Å². The average Bonchev–Trinajstić information content (AvgIpc) is 2.51. The molecule has 0 radical (unpaired) electrons. The fraction of sp³-hybridized carbons (Fsp3) is 0.611. The molecule has 0 spiro atoms. The zero-order valence-corrected chi connectivity index (χ0v) is 14.2. The van der Waals surface area contributed by atoms with E-state index in [1.807, 2.05) is 13.8 Å². The smallest absolute Gasteiger partial charge is 0.303 e. The summed E-state index contributed by atoms with van der Waals surface area (Å²) in [4.78, 5) is 15.3. The Hall–Kier alpha value is -1.39. The summed E-state index contributed by atoms with van der Waals surface area (Å²) in [6, 6.07) is 8.68. The topological polar surface area (TPSA) is 43.8 Å². The van der Waals surface area contributed by atoms with Crippen molar-refractivity contribution in [3.63, 3.8) is 0 Å². The molecule has 0 bridgehead atoms. The Bertz CT molecular complexity index is 440. The van der Waals surface area contributed by atoms with Gasteiger partial charge in [-0.15, -0.1) is 0 Å². The Morgan fingerprint density at radius 2 is 1.77 bits per heavy atom. The van der Waals surface area contributed by atoms with Crippen molar-refractivity contribution in [1.29, 1.82) is 0 Å². The molecule has 0 saturated carbocycles. The second-order valence-corrected chi connectivity index (χ2v) is 5.60. The maximum absolute atomic E-state index is 10.5. The molecule has 1 aliphatic rings. The van der Waals surface area contributed by atoms with Crippen LogP contribution in [0.4, 0.5) is 0 Å². The molecule has 1 fully saturated rings. The molecule has 1 heterocycles. The Balaban J connectivity index is 0.00000116. The lowest BCUT2D eigenvalue weighted by atomic mass is 10.1. The average molecular weight is 306 g/mol. The number of benzene rings is 1. The summed E-state index contributed by atoms with van der Waals surface area (Å²) in [7, 11) is 0. The van der Waals surface area contributed by atoms with Gasteiger partial charge in [-0.25, -0.2) is 0 Å². The first kappa shape index (κ1) is 18.7. The highest BCUT2D eigenvalue weighted by molar-refractivity contribution is 5.66. The standard InChI is InChI=1S/C16H24N2O2.C2H6/c1-14-4-2-5-15(12-14)13-18-10-8-17(9-11-18)7-3-6-16(19)20;1-2/h2,4-5,12H,3,6-11,13H2,1H3,(H,19,20);1-2H3. The van der Waals surface area contributed by atoms with E-state index in [1.165, 1.54) is 11.1 Å². The third-order valence-corrected chi connectivity index (χ3v) is 3.82. The van der Waals surface area contributed by atoms with Crippen LogP contribution in [0.2, 0.25) is 0 Å². The van der Waals surface area contributed by atoms with Crippen LogP contribution in [0.5, 0.6) is 0 Å². The van der Waals surface area contributed by atoms with Crippen molar-refractivity contribution in [2.24, 2.45) is 0 Å². The Morgan fingerprint density at radius 1 is 1.14 bits per heavy atom. The van der Waals surface area contributed by atoms with Crippen LogP contribution in [0.15, 0.2) is 24.3 Å². The molecule has 1 saturated heterocycles. The zero-order valence-electron chi connectivity index (χ0n) is 14.2. The van der Waals surface area contributed by atoms with E-state index in [2.05, 4.69) is 41.0 Å². The van der Waals surface area contributed by atoms with E-state index in [9.17, 15) is 4.79 Å². The van der Waals surface area contributed by atoms with Crippen LogP contribution in [0, 0.1) is 6.92 Å². The number of carboxylic acids is 1. The summed E-state index contributed by atoms with van der Waals surface area (Å²) in [5.74, 6) is -0.692. The van der Waals surface area contributed by atoms with Crippen LogP contribution >= 0.6 is 0 Å². The predicted octanol–water partition coefficient (Wildman–Crippen LogP) is 3.00. The molecule has 0 amide bonds. The maximum Gasteiger partial charge on any atom is 0.303 e. The number of aliphatic carboxylic acids is 1. The Labute approximate surface area is 134 Å². The van der Waals surface area contributed by atoms with Crippen LogP contribution in [0.25, 0.3) is 0 Å². The third kappa shape index (κ3) is 7.05. The number of carbonyl (C=O) groups is 1. The first-order valence-electron chi connectivity index (χ1n) is 8.35. The van der Waals surface area contributed by atoms with E-state index in [0.717, 1.165) is 45.7 Å². The van der Waals surface area contributed by atoms with Crippen molar-refractivity contribution in [3.05, 3.63) is 35.4 Å². The van der Waals surface area contributed by atoms with Gasteiger partial charge >= 0.3 is 5.97 Å². The number of aryl methyl sites for hydroxylation is 1. The van der Waals surface area contributed by atoms with Crippen molar-refractivity contribution in [2.75, 3.05) is 32.7 Å². The quantitative estimate of drug-likeness (QED) is 0.877. The fourth-order valence-electron chi connectivity index (χ4n) is 2.69. The van der Waals surface area contributed by atoms with Gasteiger partial charge in [0, 0.05) is 39.1 Å². The molecule has 0 unspecified atom stereocenters. The van der Waals surface area contributed by atoms with Gasteiger partial charge in [-0.1, -0.05) is 43.7 Å². The van der Waals surface area contributed by atoms with Gasteiger partial charge in [0.05, 0.1) is 0 Å². The van der Waals surface area contributed by atoms with E-state index in [1.54, 1.807) is 0 Å². The van der Waals surface area contributed by atoms with Gasteiger partial charge < -0.3 is 10.0 Å². The molecule has 124 valence electrons. The van der Waals surface area contributed by atoms with Crippen LogP contribution in [-0.2, 0) is 11.3 Å². The van der Waals surface area contributed by atoms with Gasteiger partial charge in [0.1, 0.15) is 0 Å². The van der Waals surface area contributed by atoms with Crippen molar-refractivity contribution < 1.29 is 9.90 Å². The molecule has 1 N–H and O–H groups in total. The first-order chi connectivity index (χ1) is 10.6. The van der Waals surface area contributed by atoms with Crippen molar-refractivity contribution >= 4 is 5.97 Å². The van der Waals surface area contributed by atoms with Crippen molar-refractivity contribution in [1.82, 2.24) is 9.80 Å². The number of nitrogens with zero attached hydrogens (tertiary/aromatic N) is 2. The lowest BCUT2D eigenvalue weighted by Crippen LogP contribution is -2.46. The molecule has 0 aromatic heterocycles. The van der Waals surface area contributed by atoms with Crippen LogP contribution in [-0.4, -0.2) is 53.6 Å². The highest BCUT2D eigenvalue weighted by atomic mass is 16.4. The van der Waals surface area contributed by atoms with Crippen molar-refractivity contribution in [3.8, 4) is 0 Å². The second kappa shape index (κ2) is 10.4. The minimum Gasteiger partial charge on any atom is -0.481 e. The Kier molecular flexibility index (Phi) is 8.78. The summed E-state index contributed by atoms with van der Waals surface area (Å²) in [5, 5.41) is 8.64. The third-order valence-electron chi connectivity index (χ3n) is 3.82. The minimum atomic E-state index is -0.692. The van der Waals surface area contributed by atoms with Gasteiger partial charge in [0.15, 0.2) is 0 Å². The molecule has 1 aliphatic heterocycles. The number of rotatable bonds is 6. The number of hydrogen-bond acceptors (Lipinski definition) is 3. The lowest BCUT2D eigenvalue weighted by Gasteiger charge is -2.34. The van der Waals surface area contributed by atoms with Gasteiger partial charge in [-0.2, -0.15) is 0 Å². The summed E-state index contributed by atoms with van der Waals surface area (Å²) in [5.41, 5.74) is 2.69. The molecule has 1 aromatic carbocycles. The molecule has 1 aromatic rings. The van der Waals surface area contributed by atoms with E-state index in [0.29, 0.717) is 0 Å². The van der Waals surface area contributed by atoms with Crippen LogP contribution in [0.1, 0.15) is 37.8 Å². The first-order valence-corrected chi connectivity index (χ1v) is 8.35. The van der Waals surface area contributed by atoms with E-state index >= 15 is 0 Å². The summed E-state index contributed by atoms with van der Waals surface area (Å²) in [6.07, 6.45) is 1.04. The molecule has 22 heavy (non-hydrogen) atoms. The van der Waals surface area contributed by atoms with Gasteiger partial charge in [-0.3, -0.25) is 9.69 Å². The largest absolute Gasteiger partial charge is 0.481 e. The van der Waals surface area contributed by atoms with Crippen molar-refractivity contribution in [2.45, 2.75) is 40.2 Å². The highest BCUT2D eigenvalue weighted by Gasteiger charge is 2.16. The second-order valence-electron chi connectivity index (χ2n) is 5.60. The molecule has 4 nitrogen and oxygen atoms in total. The van der Waals surface area contributed by atoms with E-state index < -0.39 is 5.97 Å². The summed E-state index contributed by atoms with van der Waals surface area (Å²) < 4.78 is 0. The van der Waals surface area contributed by atoms with Crippen LogP contribution in [0.3, 0.4) is 0 Å². The Morgan fingerprint density at radius 3 is 2.36 bits per heavy atom. The van der Waals surface area contributed by atoms with Crippen LogP contribution < -0.4 is 0 Å². The van der Waals surface area contributed by atoms with Gasteiger partial charge in [0.2, 0.25) is 0 Å². The zero-order chi connectivity index (χ0) is 16.4. The highest BCUT2D eigenvalue weighted by Crippen LogP contribution is 2.10. The van der Waals surface area contributed by atoms with Gasteiger partial charge in [0.25, 0.3) is 0 Å². The molecule has 0 aliphatic carbocycles. The molecular weight excluding hydrogens is 276 g/mol. The maximum atomic E-state index is 10.5. The molecule has 2 rings (SSSR count). The minimum absolute atomic E-state index is 0.281. The number of piperazine rings is 1. The number of hydrogen-bond donors (Lipinski definition) is 1. The van der Waals surface area contributed by atoms with E-state index in [-0.39, 0.29) is 6.42 Å².